The van der Waals surface area contributed by atoms with Gasteiger partial charge in [0.1, 0.15) is 0 Å². The molecule has 1 saturated carbocycles. The van der Waals surface area contributed by atoms with Gasteiger partial charge in [0.25, 0.3) is 0 Å². The van der Waals surface area contributed by atoms with Crippen molar-refractivity contribution in [2.24, 2.45) is 11.3 Å². The van der Waals surface area contributed by atoms with Gasteiger partial charge < -0.3 is 5.11 Å². The van der Waals surface area contributed by atoms with Crippen molar-refractivity contribution in [1.29, 1.82) is 0 Å². The first-order valence-electron chi connectivity index (χ1n) is 6.83. The fourth-order valence-corrected chi connectivity index (χ4v) is 4.14. The van der Waals surface area contributed by atoms with E-state index >= 15 is 0 Å². The van der Waals surface area contributed by atoms with Crippen LogP contribution in [0.25, 0.3) is 0 Å². The minimum atomic E-state index is -0.147. The van der Waals surface area contributed by atoms with Crippen molar-refractivity contribution in [3.05, 3.63) is 22.4 Å². The van der Waals surface area contributed by atoms with Crippen LogP contribution in [0, 0.1) is 11.3 Å². The maximum atomic E-state index is 10.6. The lowest BCUT2D eigenvalue weighted by Crippen LogP contribution is -2.35. The van der Waals surface area contributed by atoms with Crippen LogP contribution in [0.5, 0.6) is 0 Å². The molecule has 1 aromatic heterocycles. The summed E-state index contributed by atoms with van der Waals surface area (Å²) in [5.41, 5.74) is 0.207. The van der Waals surface area contributed by atoms with Crippen molar-refractivity contribution < 1.29 is 5.11 Å². The summed E-state index contributed by atoms with van der Waals surface area (Å²) in [4.78, 5) is 1.33. The zero-order chi connectivity index (χ0) is 12.3. The molecular formula is C15H24OS. The predicted molar refractivity (Wildman–Crippen MR) is 74.4 cm³/mol. The average Bonchev–Trinajstić information content (AvgIpc) is 2.88. The van der Waals surface area contributed by atoms with E-state index in [0.717, 1.165) is 6.42 Å². The summed E-state index contributed by atoms with van der Waals surface area (Å²) in [5, 5.41) is 12.7. The van der Waals surface area contributed by atoms with Gasteiger partial charge in [0.15, 0.2) is 0 Å². The molecule has 1 aliphatic rings. The Balaban J connectivity index is 2.05. The van der Waals surface area contributed by atoms with Gasteiger partial charge in [-0.25, -0.2) is 0 Å². The molecule has 0 saturated heterocycles. The van der Waals surface area contributed by atoms with E-state index in [0.29, 0.717) is 5.92 Å². The summed E-state index contributed by atoms with van der Waals surface area (Å²) in [6, 6.07) is 4.22. The molecule has 96 valence electrons. The Morgan fingerprint density at radius 2 is 2.06 bits per heavy atom. The maximum Gasteiger partial charge on any atom is 0.0644 e. The van der Waals surface area contributed by atoms with Crippen LogP contribution in [0.3, 0.4) is 0 Å². The van der Waals surface area contributed by atoms with Gasteiger partial charge >= 0.3 is 0 Å². The topological polar surface area (TPSA) is 20.2 Å². The number of hydrogen-bond acceptors (Lipinski definition) is 2. The molecule has 1 fully saturated rings. The quantitative estimate of drug-likeness (QED) is 0.830. The smallest absolute Gasteiger partial charge is 0.0644 e. The van der Waals surface area contributed by atoms with Crippen LogP contribution in [0.4, 0.5) is 0 Å². The predicted octanol–water partition coefficient (Wildman–Crippen LogP) is 4.26. The molecule has 0 spiro atoms. The van der Waals surface area contributed by atoms with Crippen LogP contribution < -0.4 is 0 Å². The van der Waals surface area contributed by atoms with Gasteiger partial charge in [-0.1, -0.05) is 32.8 Å². The van der Waals surface area contributed by atoms with Gasteiger partial charge in [0.2, 0.25) is 0 Å². The molecule has 2 rings (SSSR count). The SMILES string of the molecule is CC(C)CC1(C(O)Cc2cccs2)CCCC1. The van der Waals surface area contributed by atoms with Crippen LogP contribution in [0.15, 0.2) is 17.5 Å². The first-order valence-corrected chi connectivity index (χ1v) is 7.71. The van der Waals surface area contributed by atoms with E-state index in [-0.39, 0.29) is 11.5 Å². The minimum absolute atomic E-state index is 0.147. The van der Waals surface area contributed by atoms with Crippen molar-refractivity contribution in [3.8, 4) is 0 Å². The Morgan fingerprint density at radius 1 is 1.35 bits per heavy atom. The molecule has 0 bridgehead atoms. The lowest BCUT2D eigenvalue weighted by Gasteiger charge is -2.36. The van der Waals surface area contributed by atoms with Crippen LogP contribution >= 0.6 is 11.3 Å². The fourth-order valence-electron chi connectivity index (χ4n) is 3.40. The van der Waals surface area contributed by atoms with Crippen LogP contribution in [-0.2, 0) is 6.42 Å². The lowest BCUT2D eigenvalue weighted by atomic mass is 9.73. The van der Waals surface area contributed by atoms with E-state index < -0.39 is 0 Å². The standard InChI is InChI=1S/C15H24OS/c1-12(2)11-15(7-3-4-8-15)14(16)10-13-6-5-9-17-13/h5-6,9,12,14,16H,3-4,7-8,10-11H2,1-2H3. The lowest BCUT2D eigenvalue weighted by molar-refractivity contribution is 0.0139. The van der Waals surface area contributed by atoms with Crippen LogP contribution in [0.2, 0.25) is 0 Å². The van der Waals surface area contributed by atoms with Crippen molar-refractivity contribution in [3.63, 3.8) is 0 Å². The number of rotatable bonds is 5. The van der Waals surface area contributed by atoms with E-state index in [1.807, 2.05) is 0 Å². The molecule has 0 amide bonds. The third-order valence-corrected chi connectivity index (χ3v) is 4.99. The maximum absolute atomic E-state index is 10.6. The summed E-state index contributed by atoms with van der Waals surface area (Å²) in [6.07, 6.45) is 6.92. The third-order valence-electron chi connectivity index (χ3n) is 4.10. The zero-order valence-corrected chi connectivity index (χ0v) is 11.8. The highest BCUT2D eigenvalue weighted by atomic mass is 32.1. The van der Waals surface area contributed by atoms with Crippen molar-refractivity contribution >= 4 is 11.3 Å². The second kappa shape index (κ2) is 5.53. The highest BCUT2D eigenvalue weighted by molar-refractivity contribution is 7.09. The van der Waals surface area contributed by atoms with Crippen LogP contribution in [-0.4, -0.2) is 11.2 Å². The summed E-state index contributed by atoms with van der Waals surface area (Å²) in [7, 11) is 0. The molecule has 0 radical (unpaired) electrons. The van der Waals surface area contributed by atoms with E-state index in [4.69, 9.17) is 0 Å². The van der Waals surface area contributed by atoms with Crippen molar-refractivity contribution in [1.82, 2.24) is 0 Å². The Bertz CT molecular complexity index is 323. The molecule has 1 aliphatic carbocycles. The molecule has 1 unspecified atom stereocenters. The molecule has 1 atom stereocenters. The van der Waals surface area contributed by atoms with Crippen molar-refractivity contribution in [2.45, 2.75) is 58.5 Å². The van der Waals surface area contributed by atoms with Gasteiger partial charge in [0, 0.05) is 11.3 Å². The molecule has 1 N–H and O–H groups in total. The monoisotopic (exact) mass is 252 g/mol. The summed E-state index contributed by atoms with van der Waals surface area (Å²) < 4.78 is 0. The summed E-state index contributed by atoms with van der Waals surface area (Å²) in [5.74, 6) is 0.686. The molecule has 1 nitrogen and oxygen atoms in total. The van der Waals surface area contributed by atoms with Gasteiger partial charge in [-0.15, -0.1) is 11.3 Å². The Hall–Kier alpha value is -0.340. The third kappa shape index (κ3) is 3.11. The Labute approximate surface area is 109 Å². The number of hydrogen-bond donors (Lipinski definition) is 1. The van der Waals surface area contributed by atoms with Gasteiger partial charge in [0.05, 0.1) is 6.10 Å². The molecule has 17 heavy (non-hydrogen) atoms. The Kier molecular flexibility index (Phi) is 4.26. The second-order valence-electron chi connectivity index (χ2n) is 5.97. The van der Waals surface area contributed by atoms with E-state index in [9.17, 15) is 5.11 Å². The largest absolute Gasteiger partial charge is 0.392 e. The summed E-state index contributed by atoms with van der Waals surface area (Å²) in [6.45, 7) is 4.55. The van der Waals surface area contributed by atoms with Gasteiger partial charge in [-0.3, -0.25) is 0 Å². The van der Waals surface area contributed by atoms with Gasteiger partial charge in [-0.2, -0.15) is 0 Å². The zero-order valence-electron chi connectivity index (χ0n) is 11.0. The molecule has 2 heteroatoms. The van der Waals surface area contributed by atoms with E-state index in [1.165, 1.54) is 37.0 Å². The van der Waals surface area contributed by atoms with Crippen LogP contribution in [0.1, 0.15) is 50.8 Å². The molecule has 1 aromatic rings. The van der Waals surface area contributed by atoms with E-state index in [1.54, 1.807) is 11.3 Å². The first kappa shape index (κ1) is 13.1. The molecule has 0 aromatic carbocycles. The summed E-state index contributed by atoms with van der Waals surface area (Å²) >= 11 is 1.77. The number of aliphatic hydroxyl groups excluding tert-OH is 1. The highest BCUT2D eigenvalue weighted by Gasteiger charge is 2.40. The molecule has 1 heterocycles. The Morgan fingerprint density at radius 3 is 2.59 bits per heavy atom. The first-order chi connectivity index (χ1) is 8.12. The highest BCUT2D eigenvalue weighted by Crippen LogP contribution is 2.46. The molecular weight excluding hydrogens is 228 g/mol. The number of thiophene rings is 1. The fraction of sp³-hybridized carbons (Fsp3) is 0.733. The number of aliphatic hydroxyl groups is 1. The van der Waals surface area contributed by atoms with Crippen molar-refractivity contribution in [2.75, 3.05) is 0 Å². The minimum Gasteiger partial charge on any atom is -0.392 e. The average molecular weight is 252 g/mol. The molecule has 0 aliphatic heterocycles. The van der Waals surface area contributed by atoms with Gasteiger partial charge in [-0.05, 0) is 42.0 Å². The normalized spacial score (nSPS) is 20.9. The van der Waals surface area contributed by atoms with E-state index in [2.05, 4.69) is 31.4 Å². The second-order valence-corrected chi connectivity index (χ2v) is 7.00.